The maximum Gasteiger partial charge on any atom is 0.221 e. The van der Waals surface area contributed by atoms with Gasteiger partial charge in [-0.25, -0.2) is 0 Å². The molecule has 0 spiro atoms. The quantitative estimate of drug-likeness (QED) is 0.701. The third-order valence-electron chi connectivity index (χ3n) is 1.35. The minimum atomic E-state index is -0.646. The number of aliphatic hydroxyl groups is 1. The van der Waals surface area contributed by atoms with Crippen molar-refractivity contribution in [2.24, 2.45) is 0 Å². The molecule has 4 nitrogen and oxygen atoms in total. The van der Waals surface area contributed by atoms with Gasteiger partial charge in [-0.15, -0.1) is 0 Å². The molecule has 0 aliphatic carbocycles. The highest BCUT2D eigenvalue weighted by atomic mass is 16.4. The van der Waals surface area contributed by atoms with Crippen LogP contribution in [0.3, 0.4) is 0 Å². The molecular weight excluding hydrogens is 158 g/mol. The van der Waals surface area contributed by atoms with E-state index in [9.17, 15) is 4.79 Å². The van der Waals surface area contributed by atoms with E-state index in [2.05, 4.69) is 5.32 Å². The smallest absolute Gasteiger partial charge is 0.221 e. The van der Waals surface area contributed by atoms with Gasteiger partial charge in [0.1, 0.15) is 18.1 Å². The van der Waals surface area contributed by atoms with Crippen molar-refractivity contribution in [3.05, 3.63) is 18.1 Å². The Morgan fingerprint density at radius 1 is 1.75 bits per heavy atom. The zero-order valence-electron chi connectivity index (χ0n) is 7.00. The molecule has 0 aliphatic heterocycles. The summed E-state index contributed by atoms with van der Waals surface area (Å²) in [7, 11) is 0. The van der Waals surface area contributed by atoms with E-state index in [1.807, 2.05) is 0 Å². The Hall–Kier alpha value is -1.29. The van der Waals surface area contributed by atoms with Crippen LogP contribution in [0.4, 0.5) is 5.69 Å². The molecule has 1 rings (SSSR count). The summed E-state index contributed by atoms with van der Waals surface area (Å²) in [6.07, 6.45) is 0.746. The molecule has 0 bridgehead atoms. The predicted molar refractivity (Wildman–Crippen MR) is 43.6 cm³/mol. The van der Waals surface area contributed by atoms with Crippen LogP contribution in [-0.2, 0) is 4.79 Å². The van der Waals surface area contributed by atoms with E-state index < -0.39 is 6.10 Å². The van der Waals surface area contributed by atoms with Crippen LogP contribution in [0.1, 0.15) is 25.7 Å². The summed E-state index contributed by atoms with van der Waals surface area (Å²) in [5.41, 5.74) is 0.568. The molecule has 12 heavy (non-hydrogen) atoms. The van der Waals surface area contributed by atoms with E-state index >= 15 is 0 Å². The van der Waals surface area contributed by atoms with Crippen molar-refractivity contribution in [3.63, 3.8) is 0 Å². The van der Waals surface area contributed by atoms with Gasteiger partial charge in [0.25, 0.3) is 0 Å². The van der Waals surface area contributed by atoms with E-state index in [0.717, 1.165) is 0 Å². The maximum absolute atomic E-state index is 10.6. The first-order chi connectivity index (χ1) is 5.59. The minimum Gasteiger partial charge on any atom is -0.464 e. The number of rotatable bonds is 2. The molecule has 1 aromatic heterocycles. The highest BCUT2D eigenvalue weighted by Crippen LogP contribution is 2.18. The monoisotopic (exact) mass is 169 g/mol. The highest BCUT2D eigenvalue weighted by Gasteiger charge is 2.06. The normalized spacial score (nSPS) is 12.6. The molecule has 0 radical (unpaired) electrons. The van der Waals surface area contributed by atoms with Crippen LogP contribution in [0.25, 0.3) is 0 Å². The molecule has 1 atom stereocenters. The van der Waals surface area contributed by atoms with Crippen molar-refractivity contribution >= 4 is 11.6 Å². The average Bonchev–Trinajstić information content (AvgIpc) is 2.34. The van der Waals surface area contributed by atoms with Crippen LogP contribution in [0.5, 0.6) is 0 Å². The largest absolute Gasteiger partial charge is 0.464 e. The summed E-state index contributed by atoms with van der Waals surface area (Å²) in [6, 6.07) is 1.59. The van der Waals surface area contributed by atoms with Gasteiger partial charge in [-0.05, 0) is 6.92 Å². The molecule has 1 amide bonds. The van der Waals surface area contributed by atoms with Crippen molar-refractivity contribution in [1.82, 2.24) is 0 Å². The second-order valence-corrected chi connectivity index (χ2v) is 2.59. The highest BCUT2D eigenvalue weighted by molar-refractivity contribution is 5.88. The van der Waals surface area contributed by atoms with Gasteiger partial charge in [-0.2, -0.15) is 0 Å². The molecule has 0 saturated carbocycles. The van der Waals surface area contributed by atoms with Crippen molar-refractivity contribution < 1.29 is 14.3 Å². The number of anilines is 1. The molecular formula is C8H11NO3. The van der Waals surface area contributed by atoms with Crippen molar-refractivity contribution in [2.45, 2.75) is 20.0 Å². The third kappa shape index (κ3) is 2.10. The lowest BCUT2D eigenvalue weighted by Gasteiger charge is -1.95. The van der Waals surface area contributed by atoms with Crippen LogP contribution in [-0.4, -0.2) is 11.0 Å². The van der Waals surface area contributed by atoms with E-state index in [0.29, 0.717) is 11.4 Å². The number of carbonyl (C=O) groups excluding carboxylic acids is 1. The fourth-order valence-corrected chi connectivity index (χ4v) is 0.841. The standard InChI is InChI=1S/C8H11NO3/c1-5(10)8-3-7(4-12-8)9-6(2)11/h3-5,10H,1-2H3,(H,9,11). The summed E-state index contributed by atoms with van der Waals surface area (Å²) >= 11 is 0. The van der Waals surface area contributed by atoms with E-state index in [1.165, 1.54) is 13.2 Å². The Morgan fingerprint density at radius 3 is 2.83 bits per heavy atom. The lowest BCUT2D eigenvalue weighted by molar-refractivity contribution is -0.114. The topological polar surface area (TPSA) is 62.5 Å². The van der Waals surface area contributed by atoms with Gasteiger partial charge in [0.05, 0.1) is 5.69 Å². The van der Waals surface area contributed by atoms with Crippen molar-refractivity contribution in [2.75, 3.05) is 5.32 Å². The first kappa shape index (κ1) is 8.80. The number of amides is 1. The molecule has 4 heteroatoms. The Balaban J connectivity index is 2.70. The lowest BCUT2D eigenvalue weighted by atomic mass is 10.3. The van der Waals surface area contributed by atoms with E-state index in [4.69, 9.17) is 9.52 Å². The summed E-state index contributed by atoms with van der Waals surface area (Å²) in [5, 5.41) is 11.6. The van der Waals surface area contributed by atoms with Crippen LogP contribution in [0.2, 0.25) is 0 Å². The van der Waals surface area contributed by atoms with Gasteiger partial charge >= 0.3 is 0 Å². The Kier molecular flexibility index (Phi) is 2.50. The molecule has 1 unspecified atom stereocenters. The summed E-state index contributed by atoms with van der Waals surface area (Å²) < 4.78 is 4.96. The van der Waals surface area contributed by atoms with Gasteiger partial charge in [0.2, 0.25) is 5.91 Å². The van der Waals surface area contributed by atoms with Crippen LogP contribution < -0.4 is 5.32 Å². The second kappa shape index (κ2) is 3.40. The number of hydrogen-bond acceptors (Lipinski definition) is 3. The lowest BCUT2D eigenvalue weighted by Crippen LogP contribution is -2.04. The summed E-state index contributed by atoms with van der Waals surface area (Å²) in [5.74, 6) is 0.284. The number of furan rings is 1. The van der Waals surface area contributed by atoms with Crippen LogP contribution in [0.15, 0.2) is 16.7 Å². The molecule has 0 aliphatic rings. The predicted octanol–water partition coefficient (Wildman–Crippen LogP) is 1.29. The molecule has 2 N–H and O–H groups in total. The molecule has 0 fully saturated rings. The Bertz CT molecular complexity index is 278. The average molecular weight is 169 g/mol. The third-order valence-corrected chi connectivity index (χ3v) is 1.35. The first-order valence-corrected chi connectivity index (χ1v) is 3.63. The van der Waals surface area contributed by atoms with E-state index in [1.54, 1.807) is 13.0 Å². The van der Waals surface area contributed by atoms with Crippen LogP contribution in [0, 0.1) is 0 Å². The fraction of sp³-hybridized carbons (Fsp3) is 0.375. The summed E-state index contributed by atoms with van der Waals surface area (Å²) in [6.45, 7) is 3.01. The van der Waals surface area contributed by atoms with Gasteiger partial charge < -0.3 is 14.8 Å². The van der Waals surface area contributed by atoms with Gasteiger partial charge in [0, 0.05) is 13.0 Å². The Morgan fingerprint density at radius 2 is 2.42 bits per heavy atom. The SMILES string of the molecule is CC(=O)Nc1coc(C(C)O)c1. The Labute approximate surface area is 70.2 Å². The maximum atomic E-state index is 10.6. The van der Waals surface area contributed by atoms with Crippen molar-refractivity contribution in [3.8, 4) is 0 Å². The number of nitrogens with one attached hydrogen (secondary N) is 1. The van der Waals surface area contributed by atoms with E-state index in [-0.39, 0.29) is 5.91 Å². The molecule has 0 aromatic carbocycles. The van der Waals surface area contributed by atoms with Crippen molar-refractivity contribution in [1.29, 1.82) is 0 Å². The number of aliphatic hydroxyl groups excluding tert-OH is 1. The molecule has 1 heterocycles. The molecule has 1 aromatic rings. The second-order valence-electron chi connectivity index (χ2n) is 2.59. The molecule has 66 valence electrons. The zero-order valence-corrected chi connectivity index (χ0v) is 7.00. The van der Waals surface area contributed by atoms with Crippen LogP contribution >= 0.6 is 0 Å². The van der Waals surface area contributed by atoms with Gasteiger partial charge in [-0.3, -0.25) is 4.79 Å². The van der Waals surface area contributed by atoms with Gasteiger partial charge in [0.15, 0.2) is 0 Å². The number of carbonyl (C=O) groups is 1. The minimum absolute atomic E-state index is 0.159. The summed E-state index contributed by atoms with van der Waals surface area (Å²) in [4.78, 5) is 10.6. The fourth-order valence-electron chi connectivity index (χ4n) is 0.841. The zero-order chi connectivity index (χ0) is 9.14. The van der Waals surface area contributed by atoms with Gasteiger partial charge in [-0.1, -0.05) is 0 Å². The first-order valence-electron chi connectivity index (χ1n) is 3.63. The molecule has 0 saturated heterocycles. The number of hydrogen-bond donors (Lipinski definition) is 2.